The van der Waals surface area contributed by atoms with Crippen LogP contribution < -0.4 is 10.4 Å². The molecule has 5 heteroatoms. The second-order valence-corrected chi connectivity index (χ2v) is 5.65. The second kappa shape index (κ2) is 4.72. The number of carbonyl (C=O) groups is 2. The number of benzene rings is 1. The Bertz CT molecular complexity index is 522. The minimum absolute atomic E-state index is 0.303. The zero-order valence-corrected chi connectivity index (χ0v) is 11.3. The molecule has 0 aliphatic carbocycles. The van der Waals surface area contributed by atoms with E-state index in [1.54, 1.807) is 18.2 Å². The molecule has 0 N–H and O–H groups in total. The predicted octanol–water partition coefficient (Wildman–Crippen LogP) is 1.52. The smallest absolute Gasteiger partial charge is 0.414 e. The first-order chi connectivity index (χ1) is 8.81. The first-order valence-corrected chi connectivity index (χ1v) is 6.17. The van der Waals surface area contributed by atoms with E-state index in [9.17, 15) is 9.59 Å². The Morgan fingerprint density at radius 3 is 2.74 bits per heavy atom. The molecule has 0 aromatic heterocycles. The molecule has 1 aromatic carbocycles. The zero-order chi connectivity index (χ0) is 14.2. The van der Waals surface area contributed by atoms with Crippen molar-refractivity contribution in [2.24, 2.45) is 0 Å². The molecular weight excluding hydrogens is 241 g/mol. The SMILES string of the molecule is [B]c1ccc2c(c1)C(C=O)CN2C(=O)OC(C)(C)C. The lowest BCUT2D eigenvalue weighted by Crippen LogP contribution is -2.36. The van der Waals surface area contributed by atoms with Crippen LogP contribution in [0.1, 0.15) is 32.3 Å². The molecule has 0 saturated carbocycles. The van der Waals surface area contributed by atoms with Crippen molar-refractivity contribution in [3.8, 4) is 0 Å². The first kappa shape index (κ1) is 13.7. The molecule has 1 unspecified atom stereocenters. The Hall–Kier alpha value is -1.78. The molecule has 4 nitrogen and oxygen atoms in total. The van der Waals surface area contributed by atoms with Crippen LogP contribution in [0, 0.1) is 0 Å². The van der Waals surface area contributed by atoms with Crippen LogP contribution in [0.4, 0.5) is 10.5 Å². The van der Waals surface area contributed by atoms with Gasteiger partial charge in [-0.05, 0) is 32.4 Å². The number of fused-ring (bicyclic) bond motifs is 1. The first-order valence-electron chi connectivity index (χ1n) is 6.17. The van der Waals surface area contributed by atoms with Gasteiger partial charge in [0.1, 0.15) is 19.7 Å². The molecular formula is C14H16BNO3. The van der Waals surface area contributed by atoms with Gasteiger partial charge in [0.25, 0.3) is 0 Å². The summed E-state index contributed by atoms with van der Waals surface area (Å²) in [4.78, 5) is 24.7. The van der Waals surface area contributed by atoms with Gasteiger partial charge >= 0.3 is 6.09 Å². The molecule has 1 atom stereocenters. The Kier molecular flexibility index (Phi) is 3.39. The van der Waals surface area contributed by atoms with Gasteiger partial charge in [-0.1, -0.05) is 17.6 Å². The molecule has 0 saturated heterocycles. The average molecular weight is 257 g/mol. The molecule has 0 spiro atoms. The molecule has 1 aromatic rings. The minimum Gasteiger partial charge on any atom is -0.443 e. The average Bonchev–Trinajstić information content (AvgIpc) is 2.64. The maximum atomic E-state index is 12.1. The molecule has 1 aliphatic rings. The highest BCUT2D eigenvalue weighted by Crippen LogP contribution is 2.35. The summed E-state index contributed by atoms with van der Waals surface area (Å²) in [7, 11) is 5.72. The third kappa shape index (κ3) is 2.80. The fourth-order valence-corrected chi connectivity index (χ4v) is 2.12. The molecule has 2 rings (SSSR count). The van der Waals surface area contributed by atoms with E-state index in [0.717, 1.165) is 11.8 Å². The van der Waals surface area contributed by atoms with E-state index in [2.05, 4.69) is 0 Å². The summed E-state index contributed by atoms with van der Waals surface area (Å²) in [5, 5.41) is 0. The molecule has 19 heavy (non-hydrogen) atoms. The van der Waals surface area contributed by atoms with Crippen LogP contribution >= 0.6 is 0 Å². The summed E-state index contributed by atoms with van der Waals surface area (Å²) >= 11 is 0. The van der Waals surface area contributed by atoms with Crippen LogP contribution in [0.25, 0.3) is 0 Å². The van der Waals surface area contributed by atoms with Crippen molar-refractivity contribution in [1.29, 1.82) is 0 Å². The highest BCUT2D eigenvalue weighted by atomic mass is 16.6. The van der Waals surface area contributed by atoms with Gasteiger partial charge in [-0.3, -0.25) is 4.90 Å². The van der Waals surface area contributed by atoms with Crippen LogP contribution in [0.5, 0.6) is 0 Å². The zero-order valence-electron chi connectivity index (χ0n) is 11.3. The van der Waals surface area contributed by atoms with Gasteiger partial charge in [0.15, 0.2) is 0 Å². The maximum Gasteiger partial charge on any atom is 0.414 e. The van der Waals surface area contributed by atoms with Crippen LogP contribution in [0.2, 0.25) is 0 Å². The standard InChI is InChI=1S/C14H16BNO3/c1-14(2,3)19-13(18)16-7-9(8-17)11-6-10(15)4-5-12(11)16/h4-6,8-9H,7H2,1-3H3. The largest absolute Gasteiger partial charge is 0.443 e. The summed E-state index contributed by atoms with van der Waals surface area (Å²) in [6.07, 6.45) is 0.394. The lowest BCUT2D eigenvalue weighted by Gasteiger charge is -2.24. The van der Waals surface area contributed by atoms with Crippen molar-refractivity contribution in [3.05, 3.63) is 23.8 Å². The Balaban J connectivity index is 2.32. The topological polar surface area (TPSA) is 46.6 Å². The Labute approximate surface area is 114 Å². The van der Waals surface area contributed by atoms with Gasteiger partial charge in [0.2, 0.25) is 0 Å². The number of aldehydes is 1. The van der Waals surface area contributed by atoms with Crippen LogP contribution in [-0.4, -0.2) is 32.4 Å². The van der Waals surface area contributed by atoms with Gasteiger partial charge in [0, 0.05) is 6.54 Å². The summed E-state index contributed by atoms with van der Waals surface area (Å²) < 4.78 is 5.34. The van der Waals surface area contributed by atoms with E-state index >= 15 is 0 Å². The predicted molar refractivity (Wildman–Crippen MR) is 74.2 cm³/mol. The normalized spacial score (nSPS) is 18.1. The van der Waals surface area contributed by atoms with E-state index in [1.807, 2.05) is 20.8 Å². The molecule has 98 valence electrons. The van der Waals surface area contributed by atoms with Crippen molar-refractivity contribution in [2.75, 3.05) is 11.4 Å². The fourth-order valence-electron chi connectivity index (χ4n) is 2.12. The van der Waals surface area contributed by atoms with E-state index in [1.165, 1.54) is 4.90 Å². The van der Waals surface area contributed by atoms with Crippen LogP contribution in [0.3, 0.4) is 0 Å². The molecule has 2 radical (unpaired) electrons. The highest BCUT2D eigenvalue weighted by molar-refractivity contribution is 6.32. The van der Waals surface area contributed by atoms with Gasteiger partial charge in [-0.2, -0.15) is 0 Å². The molecule has 0 fully saturated rings. The molecule has 1 aliphatic heterocycles. The Morgan fingerprint density at radius 2 is 2.16 bits per heavy atom. The van der Waals surface area contributed by atoms with Crippen molar-refractivity contribution in [2.45, 2.75) is 32.3 Å². The number of hydrogen-bond donors (Lipinski definition) is 0. The van der Waals surface area contributed by atoms with E-state index in [-0.39, 0.29) is 5.92 Å². The fraction of sp³-hybridized carbons (Fsp3) is 0.429. The van der Waals surface area contributed by atoms with Crippen molar-refractivity contribution < 1.29 is 14.3 Å². The molecule has 0 bridgehead atoms. The van der Waals surface area contributed by atoms with Crippen LogP contribution in [0.15, 0.2) is 18.2 Å². The number of rotatable bonds is 1. The van der Waals surface area contributed by atoms with Gasteiger partial charge < -0.3 is 9.53 Å². The quantitative estimate of drug-likeness (QED) is 0.566. The van der Waals surface area contributed by atoms with Crippen molar-refractivity contribution in [1.82, 2.24) is 0 Å². The molecule has 1 heterocycles. The monoisotopic (exact) mass is 257 g/mol. The number of anilines is 1. The number of nitrogens with zero attached hydrogens (tertiary/aromatic N) is 1. The Morgan fingerprint density at radius 1 is 1.47 bits per heavy atom. The number of hydrogen-bond acceptors (Lipinski definition) is 3. The second-order valence-electron chi connectivity index (χ2n) is 5.65. The van der Waals surface area contributed by atoms with Crippen LogP contribution in [-0.2, 0) is 9.53 Å². The highest BCUT2D eigenvalue weighted by Gasteiger charge is 2.34. The summed E-state index contributed by atoms with van der Waals surface area (Å²) in [6.45, 7) is 5.73. The van der Waals surface area contributed by atoms with Crippen molar-refractivity contribution in [3.63, 3.8) is 0 Å². The number of ether oxygens (including phenoxy) is 1. The van der Waals surface area contributed by atoms with E-state index < -0.39 is 11.7 Å². The summed E-state index contributed by atoms with van der Waals surface area (Å²) in [6, 6.07) is 5.19. The third-order valence-corrected chi connectivity index (χ3v) is 2.90. The lowest BCUT2D eigenvalue weighted by molar-refractivity contribution is -0.108. The van der Waals surface area contributed by atoms with Gasteiger partial charge in [0.05, 0.1) is 11.6 Å². The lowest BCUT2D eigenvalue weighted by atomic mass is 9.91. The van der Waals surface area contributed by atoms with Gasteiger partial charge in [-0.15, -0.1) is 0 Å². The van der Waals surface area contributed by atoms with Gasteiger partial charge in [-0.25, -0.2) is 4.79 Å². The maximum absolute atomic E-state index is 12.1. The third-order valence-electron chi connectivity index (χ3n) is 2.90. The number of amides is 1. The number of carbonyl (C=O) groups excluding carboxylic acids is 2. The summed E-state index contributed by atoms with van der Waals surface area (Å²) in [5.74, 6) is -0.342. The summed E-state index contributed by atoms with van der Waals surface area (Å²) in [5.41, 5.74) is 1.49. The van der Waals surface area contributed by atoms with E-state index in [0.29, 0.717) is 17.7 Å². The van der Waals surface area contributed by atoms with Crippen molar-refractivity contribution >= 4 is 31.4 Å². The minimum atomic E-state index is -0.565. The molecule has 1 amide bonds. The van der Waals surface area contributed by atoms with E-state index in [4.69, 9.17) is 12.6 Å².